The molecule has 3 nitrogen and oxygen atoms in total. The van der Waals surface area contributed by atoms with Gasteiger partial charge in [0.25, 0.3) is 0 Å². The Kier molecular flexibility index (Phi) is 13.2. The molecule has 0 aromatic heterocycles. The van der Waals surface area contributed by atoms with E-state index >= 15 is 0 Å². The Labute approximate surface area is 204 Å². The van der Waals surface area contributed by atoms with Crippen molar-refractivity contribution in [2.24, 2.45) is 5.92 Å². The molecule has 0 heterocycles. The Morgan fingerprint density at radius 3 is 2.16 bits per heavy atom. The number of rotatable bonds is 13. The smallest absolute Gasteiger partial charge is 0.411 e. The Balaban J connectivity index is 0.000000471. The number of hydrogen-bond donors (Lipinski definition) is 1. The maximum absolute atomic E-state index is 10.5. The van der Waals surface area contributed by atoms with Gasteiger partial charge in [0.1, 0.15) is 11.5 Å². The van der Waals surface area contributed by atoms with E-state index in [1.54, 1.807) is 0 Å². The van der Waals surface area contributed by atoms with Gasteiger partial charge in [-0.15, -0.1) is 0 Å². The average Bonchev–Trinajstić information content (AvgIpc) is 3.48. The van der Waals surface area contributed by atoms with E-state index in [1.165, 1.54) is 30.4 Å². The summed E-state index contributed by atoms with van der Waals surface area (Å²) < 4.78 is 12.8. The van der Waals surface area contributed by atoms with E-state index < -0.39 is 8.56 Å². The molecule has 5 heteroatoms. The molecule has 0 radical (unpaired) electrons. The Bertz CT molecular complexity index is 691. The SMILES string of the molecule is CCCCCC1CC1=O.CCO[Si](CC)(Oc1ccc(C(C)C)cc1C(C)C)C(S)CC. The topological polar surface area (TPSA) is 35.5 Å². The second-order valence-corrected chi connectivity index (χ2v) is 14.2. The van der Waals surface area contributed by atoms with Crippen molar-refractivity contribution in [2.45, 2.75) is 117 Å². The number of unbranched alkanes of at least 4 members (excludes halogenated alkanes) is 2. The second-order valence-electron chi connectivity index (χ2n) is 9.59. The normalized spacial score (nSPS) is 18.2. The van der Waals surface area contributed by atoms with Crippen LogP contribution in [-0.2, 0) is 9.22 Å². The van der Waals surface area contributed by atoms with Crippen LogP contribution in [0.4, 0.5) is 0 Å². The van der Waals surface area contributed by atoms with Gasteiger partial charge in [0.05, 0.1) is 4.87 Å². The molecule has 0 aliphatic heterocycles. The summed E-state index contributed by atoms with van der Waals surface area (Å²) in [5, 5.41) is 0. The van der Waals surface area contributed by atoms with Crippen LogP contribution in [0.1, 0.15) is 117 Å². The van der Waals surface area contributed by atoms with Crippen LogP contribution in [0.25, 0.3) is 0 Å². The van der Waals surface area contributed by atoms with Crippen LogP contribution in [-0.4, -0.2) is 25.8 Å². The zero-order chi connectivity index (χ0) is 24.3. The molecule has 0 N–H and O–H groups in total. The third-order valence-corrected chi connectivity index (χ3v) is 11.6. The van der Waals surface area contributed by atoms with Crippen molar-refractivity contribution in [1.82, 2.24) is 0 Å². The molecule has 0 saturated heterocycles. The summed E-state index contributed by atoms with van der Waals surface area (Å²) in [4.78, 5) is 10.7. The van der Waals surface area contributed by atoms with Crippen molar-refractivity contribution in [1.29, 1.82) is 0 Å². The second kappa shape index (κ2) is 14.5. The molecule has 1 aliphatic rings. The van der Waals surface area contributed by atoms with Crippen LogP contribution in [0.5, 0.6) is 5.75 Å². The summed E-state index contributed by atoms with van der Waals surface area (Å²) in [5.74, 6) is 2.91. The summed E-state index contributed by atoms with van der Waals surface area (Å²) >= 11 is 4.81. The largest absolute Gasteiger partial charge is 0.519 e. The van der Waals surface area contributed by atoms with Crippen molar-refractivity contribution in [3.05, 3.63) is 29.3 Å². The van der Waals surface area contributed by atoms with Gasteiger partial charge in [-0.1, -0.05) is 79.9 Å². The average molecular weight is 481 g/mol. The van der Waals surface area contributed by atoms with Gasteiger partial charge in [0.15, 0.2) is 0 Å². The van der Waals surface area contributed by atoms with Crippen molar-refractivity contribution < 1.29 is 13.6 Å². The molecule has 184 valence electrons. The highest BCUT2D eigenvalue weighted by atomic mass is 32.1. The molecule has 0 amide bonds. The standard InChI is InChI=1S/C19H34O2SSi.C8H14O/c1-8-19(22)23(10-3,20-9-2)21-18-12-11-16(14(4)5)13-17(18)15(6)7;1-2-3-4-5-7-6-8(7)9/h11-15,19,22H,8-10H2,1-7H3;7H,2-6H2,1H3. The van der Waals surface area contributed by atoms with Crippen LogP contribution >= 0.6 is 12.6 Å². The van der Waals surface area contributed by atoms with E-state index in [4.69, 9.17) is 21.5 Å². The highest BCUT2D eigenvalue weighted by Gasteiger charge is 2.44. The molecule has 1 aliphatic carbocycles. The Morgan fingerprint density at radius 1 is 1.06 bits per heavy atom. The van der Waals surface area contributed by atoms with Gasteiger partial charge < -0.3 is 8.85 Å². The van der Waals surface area contributed by atoms with E-state index in [1.807, 2.05) is 6.92 Å². The van der Waals surface area contributed by atoms with Crippen LogP contribution < -0.4 is 4.43 Å². The zero-order valence-corrected chi connectivity index (χ0v) is 23.8. The Morgan fingerprint density at radius 2 is 1.72 bits per heavy atom. The van der Waals surface area contributed by atoms with Gasteiger partial charge in [0.2, 0.25) is 0 Å². The predicted octanol–water partition coefficient (Wildman–Crippen LogP) is 8.21. The lowest BCUT2D eigenvalue weighted by Gasteiger charge is -2.35. The summed E-state index contributed by atoms with van der Waals surface area (Å²) in [7, 11) is -2.37. The number of benzene rings is 1. The number of ketones is 1. The van der Waals surface area contributed by atoms with E-state index in [-0.39, 0.29) is 4.87 Å². The van der Waals surface area contributed by atoms with Crippen molar-refractivity contribution >= 4 is 27.0 Å². The van der Waals surface area contributed by atoms with Gasteiger partial charge >= 0.3 is 8.56 Å². The molecule has 3 unspecified atom stereocenters. The predicted molar refractivity (Wildman–Crippen MR) is 143 cm³/mol. The molecule has 1 saturated carbocycles. The highest BCUT2D eigenvalue weighted by Crippen LogP contribution is 2.35. The molecular formula is C27H48O3SSi. The van der Waals surface area contributed by atoms with Gasteiger partial charge in [-0.05, 0) is 48.8 Å². The highest BCUT2D eigenvalue weighted by molar-refractivity contribution is 7.83. The van der Waals surface area contributed by atoms with Gasteiger partial charge in [-0.2, -0.15) is 12.6 Å². The molecule has 32 heavy (non-hydrogen) atoms. The number of Topliss-reactive ketones (excluding diaryl/α,β-unsaturated/α-hetero) is 1. The van der Waals surface area contributed by atoms with Crippen LogP contribution in [0.2, 0.25) is 6.04 Å². The molecular weight excluding hydrogens is 432 g/mol. The third-order valence-electron chi connectivity index (χ3n) is 6.28. The summed E-state index contributed by atoms with van der Waals surface area (Å²) in [6.45, 7) is 18.1. The Hall–Kier alpha value is -0.783. The van der Waals surface area contributed by atoms with E-state index in [0.29, 0.717) is 30.1 Å². The molecule has 1 aromatic carbocycles. The summed E-state index contributed by atoms with van der Waals surface area (Å²) in [5.41, 5.74) is 2.64. The molecule has 3 atom stereocenters. The minimum absolute atomic E-state index is 0.178. The molecule has 1 fully saturated rings. The summed E-state index contributed by atoms with van der Waals surface area (Å²) in [6.07, 6.45) is 6.82. The number of hydrogen-bond acceptors (Lipinski definition) is 4. The first-order chi connectivity index (χ1) is 15.1. The first-order valence-corrected chi connectivity index (χ1v) is 15.4. The van der Waals surface area contributed by atoms with Gasteiger partial charge in [-0.25, -0.2) is 0 Å². The fourth-order valence-corrected chi connectivity index (χ4v) is 7.71. The first-order valence-electron chi connectivity index (χ1n) is 12.8. The lowest BCUT2D eigenvalue weighted by molar-refractivity contribution is -0.111. The summed E-state index contributed by atoms with van der Waals surface area (Å²) in [6, 6.07) is 7.53. The quantitative estimate of drug-likeness (QED) is 0.175. The minimum Gasteiger partial charge on any atom is -0.519 e. The first kappa shape index (κ1) is 29.2. The molecule has 1 aromatic rings. The molecule has 0 spiro atoms. The third kappa shape index (κ3) is 8.87. The minimum atomic E-state index is -2.37. The zero-order valence-electron chi connectivity index (χ0n) is 21.9. The van der Waals surface area contributed by atoms with Crippen LogP contribution in [0.15, 0.2) is 18.2 Å². The maximum Gasteiger partial charge on any atom is 0.411 e. The fraction of sp³-hybridized carbons (Fsp3) is 0.741. The van der Waals surface area contributed by atoms with E-state index in [2.05, 4.69) is 66.7 Å². The van der Waals surface area contributed by atoms with E-state index in [9.17, 15) is 4.79 Å². The van der Waals surface area contributed by atoms with Crippen LogP contribution in [0.3, 0.4) is 0 Å². The van der Waals surface area contributed by atoms with Crippen molar-refractivity contribution in [3.63, 3.8) is 0 Å². The van der Waals surface area contributed by atoms with Crippen molar-refractivity contribution in [2.75, 3.05) is 6.61 Å². The maximum atomic E-state index is 10.5. The lowest BCUT2D eigenvalue weighted by Crippen LogP contribution is -2.53. The van der Waals surface area contributed by atoms with Crippen LogP contribution in [0, 0.1) is 5.92 Å². The number of carbonyl (C=O) groups excluding carboxylic acids is 1. The van der Waals surface area contributed by atoms with E-state index in [0.717, 1.165) is 31.1 Å². The molecule has 0 bridgehead atoms. The lowest BCUT2D eigenvalue weighted by atomic mass is 9.95. The number of thiol groups is 1. The van der Waals surface area contributed by atoms with Crippen molar-refractivity contribution in [3.8, 4) is 5.75 Å². The monoisotopic (exact) mass is 480 g/mol. The fourth-order valence-electron chi connectivity index (χ4n) is 3.90. The van der Waals surface area contributed by atoms with Gasteiger partial charge in [0, 0.05) is 25.0 Å². The number of carbonyl (C=O) groups is 1. The molecule has 2 rings (SSSR count). The van der Waals surface area contributed by atoms with Gasteiger partial charge in [-0.3, -0.25) is 4.79 Å².